The van der Waals surface area contributed by atoms with Gasteiger partial charge in [0.15, 0.2) is 5.78 Å². The average molecular weight is 361 g/mol. The molecule has 0 atom stereocenters. The highest BCUT2D eigenvalue weighted by Gasteiger charge is 2.31. The van der Waals surface area contributed by atoms with Gasteiger partial charge < -0.3 is 0 Å². The van der Waals surface area contributed by atoms with E-state index in [0.717, 1.165) is 4.47 Å². The zero-order chi connectivity index (χ0) is 15.6. The molecule has 2 aromatic rings. The fourth-order valence-corrected chi connectivity index (χ4v) is 2.06. The third-order valence-corrected chi connectivity index (χ3v) is 3.40. The van der Waals surface area contributed by atoms with Crippen molar-refractivity contribution in [3.63, 3.8) is 0 Å². The lowest BCUT2D eigenvalue weighted by Crippen LogP contribution is -2.11. The van der Waals surface area contributed by atoms with Gasteiger partial charge in [-0.3, -0.25) is 4.79 Å². The topological polar surface area (TPSA) is 17.1 Å². The van der Waals surface area contributed by atoms with Crippen LogP contribution in [0, 0.1) is 5.82 Å². The first-order valence-electron chi connectivity index (χ1n) is 5.92. The third kappa shape index (κ3) is 3.91. The second-order valence-electron chi connectivity index (χ2n) is 4.42. The van der Waals surface area contributed by atoms with Gasteiger partial charge in [-0.1, -0.05) is 28.1 Å². The molecule has 1 nitrogen and oxygen atoms in total. The van der Waals surface area contributed by atoms with E-state index < -0.39 is 28.9 Å². The maximum Gasteiger partial charge on any atom is 0.416 e. The van der Waals surface area contributed by atoms with Crippen molar-refractivity contribution in [1.82, 2.24) is 0 Å². The lowest BCUT2D eigenvalue weighted by atomic mass is 10.0. The highest BCUT2D eigenvalue weighted by atomic mass is 79.9. The maximum absolute atomic E-state index is 13.6. The molecule has 2 rings (SSSR count). The first-order chi connectivity index (χ1) is 9.77. The number of halogens is 5. The van der Waals surface area contributed by atoms with Gasteiger partial charge in [-0.15, -0.1) is 0 Å². The molecule has 0 unspecified atom stereocenters. The summed E-state index contributed by atoms with van der Waals surface area (Å²) in [5.41, 5.74) is -0.990. The molecule has 6 heteroatoms. The van der Waals surface area contributed by atoms with Crippen molar-refractivity contribution in [2.75, 3.05) is 0 Å². The second-order valence-corrected chi connectivity index (χ2v) is 5.33. The van der Waals surface area contributed by atoms with Crippen LogP contribution in [0.5, 0.6) is 0 Å². The van der Waals surface area contributed by atoms with Crippen molar-refractivity contribution in [3.05, 3.63) is 69.4 Å². The summed E-state index contributed by atoms with van der Waals surface area (Å²) in [4.78, 5) is 12.0. The van der Waals surface area contributed by atoms with Crippen LogP contribution < -0.4 is 0 Å². The van der Waals surface area contributed by atoms with E-state index in [2.05, 4.69) is 15.9 Å². The van der Waals surface area contributed by atoms with Gasteiger partial charge in [0.2, 0.25) is 0 Å². The molecule has 0 aromatic heterocycles. The van der Waals surface area contributed by atoms with Crippen LogP contribution in [0.15, 0.2) is 46.9 Å². The van der Waals surface area contributed by atoms with E-state index in [9.17, 15) is 22.4 Å². The lowest BCUT2D eigenvalue weighted by Gasteiger charge is -2.09. The molecule has 0 saturated heterocycles. The zero-order valence-electron chi connectivity index (χ0n) is 10.5. The van der Waals surface area contributed by atoms with Crippen LogP contribution in [0.4, 0.5) is 17.6 Å². The Balaban J connectivity index is 2.28. The first kappa shape index (κ1) is 15.7. The fourth-order valence-electron chi connectivity index (χ4n) is 1.80. The van der Waals surface area contributed by atoms with Crippen LogP contribution in [0.2, 0.25) is 0 Å². The van der Waals surface area contributed by atoms with Gasteiger partial charge in [0.25, 0.3) is 0 Å². The highest BCUT2D eigenvalue weighted by Crippen LogP contribution is 2.30. The van der Waals surface area contributed by atoms with Crippen LogP contribution in [0.25, 0.3) is 0 Å². The Hall–Kier alpha value is -1.69. The quantitative estimate of drug-likeness (QED) is 0.554. The summed E-state index contributed by atoms with van der Waals surface area (Å²) < 4.78 is 52.2. The standard InChI is InChI=1S/C15H9BrF4O/c16-11-4-1-9(2-5-11)7-14(21)12-8-10(15(18,19)20)3-6-13(12)17/h1-6,8H,7H2. The number of alkyl halides is 3. The molecule has 0 heterocycles. The smallest absolute Gasteiger partial charge is 0.294 e. The van der Waals surface area contributed by atoms with Crippen LogP contribution in [0.3, 0.4) is 0 Å². The molecule has 2 aromatic carbocycles. The summed E-state index contributed by atoms with van der Waals surface area (Å²) in [7, 11) is 0. The Morgan fingerprint density at radius 1 is 1.05 bits per heavy atom. The molecule has 110 valence electrons. The minimum Gasteiger partial charge on any atom is -0.294 e. The van der Waals surface area contributed by atoms with E-state index in [1.807, 2.05) is 0 Å². The van der Waals surface area contributed by atoms with Crippen LogP contribution >= 0.6 is 15.9 Å². The molecule has 0 aliphatic heterocycles. The molecule has 0 spiro atoms. The van der Waals surface area contributed by atoms with Crippen molar-refractivity contribution < 1.29 is 22.4 Å². The van der Waals surface area contributed by atoms with Gasteiger partial charge in [-0.05, 0) is 35.9 Å². The van der Waals surface area contributed by atoms with Crippen LogP contribution in [-0.2, 0) is 12.6 Å². The van der Waals surface area contributed by atoms with Gasteiger partial charge in [0.05, 0.1) is 11.1 Å². The fraction of sp³-hybridized carbons (Fsp3) is 0.133. The summed E-state index contributed by atoms with van der Waals surface area (Å²) in [6, 6.07) is 8.52. The van der Waals surface area contributed by atoms with Gasteiger partial charge in [0, 0.05) is 10.9 Å². The Kier molecular flexibility index (Phi) is 4.46. The van der Waals surface area contributed by atoms with Crippen molar-refractivity contribution in [3.8, 4) is 0 Å². The summed E-state index contributed by atoms with van der Waals surface area (Å²) in [6.07, 6.45) is -4.77. The van der Waals surface area contributed by atoms with E-state index in [1.54, 1.807) is 24.3 Å². The van der Waals surface area contributed by atoms with Gasteiger partial charge >= 0.3 is 6.18 Å². The molecule has 0 radical (unpaired) electrons. The third-order valence-electron chi connectivity index (χ3n) is 2.87. The minimum absolute atomic E-state index is 0.161. The number of carbonyl (C=O) groups is 1. The SMILES string of the molecule is O=C(Cc1ccc(Br)cc1)c1cc(C(F)(F)F)ccc1F. The van der Waals surface area contributed by atoms with Gasteiger partial charge in [0.1, 0.15) is 5.82 Å². The Bertz CT molecular complexity index is 662. The molecule has 21 heavy (non-hydrogen) atoms. The van der Waals surface area contributed by atoms with E-state index in [1.165, 1.54) is 0 Å². The van der Waals surface area contributed by atoms with Crippen LogP contribution in [-0.4, -0.2) is 5.78 Å². The second kappa shape index (κ2) is 5.97. The molecular weight excluding hydrogens is 352 g/mol. The van der Waals surface area contributed by atoms with Gasteiger partial charge in [-0.25, -0.2) is 4.39 Å². The normalized spacial score (nSPS) is 11.5. The molecule has 0 aliphatic rings. The predicted octanol–water partition coefficient (Wildman–Crippen LogP) is 5.03. The minimum atomic E-state index is -4.61. The van der Waals surface area contributed by atoms with Crippen molar-refractivity contribution in [2.24, 2.45) is 0 Å². The lowest BCUT2D eigenvalue weighted by molar-refractivity contribution is -0.137. The summed E-state index contributed by atoms with van der Waals surface area (Å²) in [6.45, 7) is 0. The summed E-state index contributed by atoms with van der Waals surface area (Å²) >= 11 is 3.23. The molecule has 0 N–H and O–H groups in total. The first-order valence-corrected chi connectivity index (χ1v) is 6.71. The van der Waals surface area contributed by atoms with Crippen molar-refractivity contribution in [1.29, 1.82) is 0 Å². The van der Waals surface area contributed by atoms with Crippen molar-refractivity contribution >= 4 is 21.7 Å². The number of benzene rings is 2. The van der Waals surface area contributed by atoms with E-state index in [-0.39, 0.29) is 6.42 Å². The molecule has 0 aliphatic carbocycles. The van der Waals surface area contributed by atoms with Gasteiger partial charge in [-0.2, -0.15) is 13.2 Å². The Labute approximate surface area is 126 Å². The Morgan fingerprint density at radius 3 is 2.24 bits per heavy atom. The monoisotopic (exact) mass is 360 g/mol. The number of carbonyl (C=O) groups excluding carboxylic acids is 1. The number of ketones is 1. The zero-order valence-corrected chi connectivity index (χ0v) is 12.1. The largest absolute Gasteiger partial charge is 0.416 e. The van der Waals surface area contributed by atoms with E-state index in [0.29, 0.717) is 23.8 Å². The number of hydrogen-bond acceptors (Lipinski definition) is 1. The van der Waals surface area contributed by atoms with Crippen LogP contribution in [0.1, 0.15) is 21.5 Å². The van der Waals surface area contributed by atoms with E-state index >= 15 is 0 Å². The molecule has 0 amide bonds. The molecule has 0 bridgehead atoms. The van der Waals surface area contributed by atoms with E-state index in [4.69, 9.17) is 0 Å². The number of Topliss-reactive ketones (excluding diaryl/α,β-unsaturated/α-hetero) is 1. The maximum atomic E-state index is 13.6. The molecule has 0 fully saturated rings. The Morgan fingerprint density at radius 2 is 1.67 bits per heavy atom. The number of hydrogen-bond donors (Lipinski definition) is 0. The summed E-state index contributed by atoms with van der Waals surface area (Å²) in [5.74, 6) is -1.65. The van der Waals surface area contributed by atoms with Crippen molar-refractivity contribution in [2.45, 2.75) is 12.6 Å². The molecular formula is C15H9BrF4O. The highest BCUT2D eigenvalue weighted by molar-refractivity contribution is 9.10. The average Bonchev–Trinajstić information content (AvgIpc) is 2.40. The summed E-state index contributed by atoms with van der Waals surface area (Å²) in [5, 5.41) is 0. The predicted molar refractivity (Wildman–Crippen MR) is 73.6 cm³/mol. The molecule has 0 saturated carbocycles. The number of rotatable bonds is 3.